The van der Waals surface area contributed by atoms with E-state index < -0.39 is 46.8 Å². The molecule has 1 fully saturated rings. The average Bonchev–Trinajstić information content (AvgIpc) is 2.83. The van der Waals surface area contributed by atoms with Crippen LogP contribution in [0.2, 0.25) is 0 Å². The number of benzene rings is 1. The summed E-state index contributed by atoms with van der Waals surface area (Å²) in [4.78, 5) is 25.5. The molecule has 9 heteroatoms. The van der Waals surface area contributed by atoms with E-state index in [1.54, 1.807) is 6.92 Å². The molecular formula is C25H38Cl2N2O5. The maximum Gasteiger partial charge on any atom is 0.328 e. The maximum absolute atomic E-state index is 13.1. The first-order chi connectivity index (χ1) is 16.4. The molecule has 0 heterocycles. The number of carbonyl (C=O) groups excluding carboxylic acids is 2. The maximum atomic E-state index is 13.1. The summed E-state index contributed by atoms with van der Waals surface area (Å²) in [5.41, 5.74) is 6.38. The second-order valence-corrected chi connectivity index (χ2v) is 9.75. The van der Waals surface area contributed by atoms with Crippen LogP contribution in [-0.2, 0) is 25.5 Å². The van der Waals surface area contributed by atoms with Crippen LogP contribution in [0.1, 0.15) is 51.0 Å². The first kappa shape index (κ1) is 28.9. The zero-order chi connectivity index (χ0) is 24.9. The normalized spacial score (nSPS) is 25.5. The van der Waals surface area contributed by atoms with Crippen LogP contribution in [0.5, 0.6) is 0 Å². The van der Waals surface area contributed by atoms with Gasteiger partial charge in [-0.1, -0.05) is 49.6 Å². The van der Waals surface area contributed by atoms with Crippen molar-refractivity contribution in [1.29, 1.82) is 0 Å². The largest absolute Gasteiger partial charge is 0.464 e. The summed E-state index contributed by atoms with van der Waals surface area (Å²) in [5.74, 6) is -1.85. The van der Waals surface area contributed by atoms with Crippen molar-refractivity contribution in [2.75, 3.05) is 19.8 Å². The fourth-order valence-corrected chi connectivity index (χ4v) is 5.07. The van der Waals surface area contributed by atoms with Crippen molar-refractivity contribution in [1.82, 2.24) is 5.32 Å². The molecular weight excluding hydrogens is 479 g/mol. The highest BCUT2D eigenvalue weighted by Gasteiger charge is 2.46. The predicted octanol–water partition coefficient (Wildman–Crippen LogP) is 3.17. The molecule has 0 aromatic heterocycles. The third kappa shape index (κ3) is 9.00. The fourth-order valence-electron chi connectivity index (χ4n) is 4.15. The lowest BCUT2D eigenvalue weighted by atomic mass is 9.83. The number of halogens is 2. The molecule has 1 amide bonds. The molecule has 7 nitrogen and oxygen atoms in total. The van der Waals surface area contributed by atoms with E-state index in [1.807, 2.05) is 30.3 Å². The molecule has 0 bridgehead atoms. The van der Waals surface area contributed by atoms with Gasteiger partial charge in [-0.05, 0) is 38.3 Å². The summed E-state index contributed by atoms with van der Waals surface area (Å²) in [7, 11) is 0. The number of unbranched alkanes of at least 4 members (excludes halogenated alkanes) is 4. The van der Waals surface area contributed by atoms with Crippen molar-refractivity contribution < 1.29 is 24.2 Å². The third-order valence-electron chi connectivity index (χ3n) is 6.05. The zero-order valence-corrected chi connectivity index (χ0v) is 21.3. The molecule has 1 saturated carbocycles. The molecule has 4 N–H and O–H groups in total. The second kappa shape index (κ2) is 15.6. The van der Waals surface area contributed by atoms with E-state index in [0.29, 0.717) is 13.2 Å². The number of nitrogens with two attached hydrogens (primary N) is 1. The van der Waals surface area contributed by atoms with Crippen molar-refractivity contribution in [2.24, 2.45) is 11.7 Å². The van der Waals surface area contributed by atoms with Crippen LogP contribution >= 0.6 is 23.2 Å². The van der Waals surface area contributed by atoms with Gasteiger partial charge in [-0.2, -0.15) is 0 Å². The Morgan fingerprint density at radius 1 is 1.15 bits per heavy atom. The Morgan fingerprint density at radius 2 is 1.82 bits per heavy atom. The Balaban J connectivity index is 1.92. The molecule has 34 heavy (non-hydrogen) atoms. The van der Waals surface area contributed by atoms with Crippen LogP contribution in [0.25, 0.3) is 0 Å². The van der Waals surface area contributed by atoms with E-state index in [9.17, 15) is 14.7 Å². The third-order valence-corrected chi connectivity index (χ3v) is 6.99. The number of esters is 1. The topological polar surface area (TPSA) is 111 Å². The summed E-state index contributed by atoms with van der Waals surface area (Å²) in [6.45, 7) is 3.11. The summed E-state index contributed by atoms with van der Waals surface area (Å²) in [5, 5.41) is 12.2. The number of amides is 1. The van der Waals surface area contributed by atoms with E-state index >= 15 is 0 Å². The van der Waals surface area contributed by atoms with E-state index in [1.165, 1.54) is 0 Å². The number of aliphatic hydroxyl groups excluding tert-OH is 1. The summed E-state index contributed by atoms with van der Waals surface area (Å²) >= 11 is 13.0. The van der Waals surface area contributed by atoms with Crippen LogP contribution < -0.4 is 11.1 Å². The lowest BCUT2D eigenvalue weighted by Gasteiger charge is -2.39. The van der Waals surface area contributed by atoms with Gasteiger partial charge < -0.3 is 25.6 Å². The van der Waals surface area contributed by atoms with Crippen molar-refractivity contribution in [3.8, 4) is 0 Å². The highest BCUT2D eigenvalue weighted by molar-refractivity contribution is 6.25. The number of aliphatic hydroxyl groups is 1. The van der Waals surface area contributed by atoms with Gasteiger partial charge in [0.05, 0.1) is 35.5 Å². The van der Waals surface area contributed by atoms with Gasteiger partial charge in [-0.15, -0.1) is 23.2 Å². The van der Waals surface area contributed by atoms with E-state index in [-0.39, 0.29) is 19.4 Å². The minimum Gasteiger partial charge on any atom is -0.464 e. The smallest absolute Gasteiger partial charge is 0.328 e. The Bertz CT molecular complexity index is 739. The summed E-state index contributed by atoms with van der Waals surface area (Å²) in [6, 6.07) is 8.47. The predicted molar refractivity (Wildman–Crippen MR) is 134 cm³/mol. The van der Waals surface area contributed by atoms with Gasteiger partial charge >= 0.3 is 5.97 Å². The summed E-state index contributed by atoms with van der Waals surface area (Å²) < 4.78 is 11.0. The fraction of sp³-hybridized carbons (Fsp3) is 0.680. The Morgan fingerprint density at radius 3 is 2.50 bits per heavy atom. The Kier molecular flexibility index (Phi) is 13.2. The van der Waals surface area contributed by atoms with Crippen LogP contribution in [0.15, 0.2) is 30.3 Å². The molecule has 192 valence electrons. The molecule has 0 aliphatic heterocycles. The first-order valence-corrected chi connectivity index (χ1v) is 13.0. The van der Waals surface area contributed by atoms with E-state index in [0.717, 1.165) is 37.7 Å². The van der Waals surface area contributed by atoms with Gasteiger partial charge in [-0.3, -0.25) is 4.79 Å². The minimum atomic E-state index is -1.15. The van der Waals surface area contributed by atoms with Gasteiger partial charge in [-0.25, -0.2) is 4.79 Å². The lowest BCUT2D eigenvalue weighted by molar-refractivity contribution is -0.149. The number of rotatable bonds is 14. The van der Waals surface area contributed by atoms with Gasteiger partial charge in [0.25, 0.3) is 0 Å². The number of nitrogens with one attached hydrogen (secondary N) is 1. The van der Waals surface area contributed by atoms with Crippen molar-refractivity contribution >= 4 is 35.1 Å². The van der Waals surface area contributed by atoms with Gasteiger partial charge in [0.15, 0.2) is 0 Å². The lowest BCUT2D eigenvalue weighted by Crippen LogP contribution is -2.56. The van der Waals surface area contributed by atoms with Gasteiger partial charge in [0.2, 0.25) is 5.91 Å². The first-order valence-electron chi connectivity index (χ1n) is 12.2. The molecule has 2 rings (SSSR count). The quantitative estimate of drug-likeness (QED) is 0.199. The highest BCUT2D eigenvalue weighted by Crippen LogP contribution is 2.34. The van der Waals surface area contributed by atoms with Crippen LogP contribution in [0, 0.1) is 5.92 Å². The van der Waals surface area contributed by atoms with Crippen LogP contribution in [0.4, 0.5) is 0 Å². The monoisotopic (exact) mass is 516 g/mol. The second-order valence-electron chi connectivity index (χ2n) is 8.69. The molecule has 5 unspecified atom stereocenters. The van der Waals surface area contributed by atoms with Crippen molar-refractivity contribution in [3.63, 3.8) is 0 Å². The van der Waals surface area contributed by atoms with Gasteiger partial charge in [0.1, 0.15) is 6.04 Å². The van der Waals surface area contributed by atoms with Crippen molar-refractivity contribution in [3.05, 3.63) is 35.9 Å². The number of alkyl halides is 2. The summed E-state index contributed by atoms with van der Waals surface area (Å²) in [6.07, 6.45) is 3.88. The van der Waals surface area contributed by atoms with Crippen molar-refractivity contribution in [2.45, 2.75) is 80.9 Å². The molecule has 0 spiro atoms. The molecule has 0 saturated heterocycles. The number of hydrogen-bond acceptors (Lipinski definition) is 6. The minimum absolute atomic E-state index is 0.194. The van der Waals surface area contributed by atoms with Crippen LogP contribution in [-0.4, -0.2) is 65.7 Å². The van der Waals surface area contributed by atoms with E-state index in [4.69, 9.17) is 38.4 Å². The van der Waals surface area contributed by atoms with Crippen LogP contribution in [0.3, 0.4) is 0 Å². The molecule has 1 aromatic rings. The number of hydrogen-bond donors (Lipinski definition) is 3. The molecule has 0 radical (unpaired) electrons. The molecule has 1 aromatic carbocycles. The Hall–Kier alpha value is -1.38. The van der Waals surface area contributed by atoms with E-state index in [2.05, 4.69) is 5.32 Å². The molecule has 1 aliphatic carbocycles. The molecule has 6 atom stereocenters. The highest BCUT2D eigenvalue weighted by atomic mass is 35.5. The Labute approximate surface area is 212 Å². The standard InChI is InChI=1S/C25H38Cl2N2O5/c1-2-33-25(32)20(15-17-11-7-6-8-12-17)29-24(31)18-16-19(26)23(21(27)22(18)30)34-14-10-5-3-4-9-13-28/h6-8,11-12,18-23,30H,2-5,9-10,13-16,28H2,1H3,(H,29,31)/t18?,19?,20-,21?,22?,23?/m1/s1. The SMILES string of the molecule is CCOC(=O)[C@@H](Cc1ccccc1)NC(=O)C1CC(Cl)C(OCCCCCCCN)C(Cl)C1O. The van der Waals surface area contributed by atoms with Gasteiger partial charge in [0, 0.05) is 13.0 Å². The number of carbonyl (C=O) groups is 2. The number of ether oxygens (including phenoxy) is 2. The molecule has 1 aliphatic rings. The zero-order valence-electron chi connectivity index (χ0n) is 19.8. The average molecular weight is 517 g/mol.